The van der Waals surface area contributed by atoms with Crippen LogP contribution in [-0.2, 0) is 4.79 Å². The van der Waals surface area contributed by atoms with E-state index in [-0.39, 0.29) is 34.4 Å². The number of piperidine rings is 1. The zero-order chi connectivity index (χ0) is 30.3. The number of alkyl halides is 3. The molecule has 1 fully saturated rings. The largest absolute Gasteiger partial charge is 0.474 e. The van der Waals surface area contributed by atoms with Crippen LogP contribution in [0.2, 0.25) is 0 Å². The Morgan fingerprint density at radius 3 is 2.36 bits per heavy atom. The van der Waals surface area contributed by atoms with Crippen LogP contribution in [-0.4, -0.2) is 41.2 Å². The van der Waals surface area contributed by atoms with Crippen molar-refractivity contribution in [3.8, 4) is 5.88 Å². The first kappa shape index (κ1) is 30.6. The Morgan fingerprint density at radius 1 is 1.07 bits per heavy atom. The maximum Gasteiger partial charge on any atom is 0.393 e. The molecule has 2 aromatic carbocycles. The number of rotatable bonds is 9. The topological polar surface area (TPSA) is 68.5 Å². The van der Waals surface area contributed by atoms with Crippen molar-refractivity contribution in [1.29, 1.82) is 0 Å². The molecule has 9 heteroatoms. The summed E-state index contributed by atoms with van der Waals surface area (Å²) in [6.07, 6.45) is -0.105. The number of likely N-dealkylation sites (tertiary alicyclic amines) is 1. The molecule has 0 radical (unpaired) electrons. The molecule has 0 spiro atoms. The third kappa shape index (κ3) is 7.66. The zero-order valence-electron chi connectivity index (χ0n) is 23.3. The number of carbonyl (C=O) groups is 1. The number of aromatic nitrogens is 1. The summed E-state index contributed by atoms with van der Waals surface area (Å²) in [5.41, 5.74) is 7.80. The van der Waals surface area contributed by atoms with Gasteiger partial charge in [0.1, 0.15) is 11.9 Å². The number of carbonyl (C=O) groups excluding carboxylic acids is 1. The molecule has 0 atom stereocenters. The number of halogens is 4. The predicted octanol–water partition coefficient (Wildman–Crippen LogP) is 7.85. The van der Waals surface area contributed by atoms with E-state index in [2.05, 4.69) is 11.6 Å². The molecule has 5 nitrogen and oxygen atoms in total. The van der Waals surface area contributed by atoms with E-state index in [9.17, 15) is 22.4 Å². The fourth-order valence-corrected chi connectivity index (χ4v) is 4.99. The summed E-state index contributed by atoms with van der Waals surface area (Å²) < 4.78 is 62.9. The number of nitrogens with zero attached hydrogens (tertiary/aromatic N) is 2. The van der Waals surface area contributed by atoms with Crippen LogP contribution < -0.4 is 10.5 Å². The number of anilines is 1. The third-order valence-corrected chi connectivity index (χ3v) is 7.02. The van der Waals surface area contributed by atoms with Crippen LogP contribution in [0.3, 0.4) is 0 Å². The van der Waals surface area contributed by atoms with E-state index < -0.39 is 18.4 Å². The molecule has 0 saturated carbocycles. The number of ether oxygens (including phenoxy) is 1. The minimum absolute atomic E-state index is 0.0217. The van der Waals surface area contributed by atoms with E-state index >= 15 is 0 Å². The molecule has 1 amide bonds. The molecule has 220 valence electrons. The number of hydrogen-bond donors (Lipinski definition) is 1. The van der Waals surface area contributed by atoms with Gasteiger partial charge in [0.2, 0.25) is 11.8 Å². The average Bonchev–Trinajstić information content (AvgIpc) is 2.98. The number of amides is 1. The highest BCUT2D eigenvalue weighted by Gasteiger charge is 2.32. The van der Waals surface area contributed by atoms with Gasteiger partial charge >= 0.3 is 6.18 Å². The summed E-state index contributed by atoms with van der Waals surface area (Å²) in [6.45, 7) is 6.35. The Balaban J connectivity index is 1.77. The highest BCUT2D eigenvalue weighted by atomic mass is 19.4. The standard InChI is InChI=1S/C33H33F4N3O2/c1-3-8-28(34)26-19-23(11-13-29(26)38)32(27(20-33(35,36)37)22-9-6-5-7-10-22)24-12-14-30(39-21-24)42-25-15-17-40(18-16-25)31(41)4-2/h4-14,19,21,25H,2-3,15-18,20,38H2,1H3/b28-8-,32-27-. The smallest absolute Gasteiger partial charge is 0.393 e. The van der Waals surface area contributed by atoms with Crippen molar-refractivity contribution in [3.05, 3.63) is 108 Å². The highest BCUT2D eigenvalue weighted by Crippen LogP contribution is 2.40. The Kier molecular flexibility index (Phi) is 9.83. The van der Waals surface area contributed by atoms with Gasteiger partial charge in [0.25, 0.3) is 0 Å². The van der Waals surface area contributed by atoms with Crippen LogP contribution >= 0.6 is 0 Å². The summed E-state index contributed by atoms with van der Waals surface area (Å²) in [5.74, 6) is -0.353. The summed E-state index contributed by atoms with van der Waals surface area (Å²) in [4.78, 5) is 18.0. The number of nitrogen functional groups attached to an aromatic ring is 1. The first-order valence-corrected chi connectivity index (χ1v) is 13.7. The Labute approximate surface area is 243 Å². The molecule has 1 aromatic heterocycles. The predicted molar refractivity (Wildman–Crippen MR) is 158 cm³/mol. The molecule has 0 unspecified atom stereocenters. The lowest BCUT2D eigenvalue weighted by Gasteiger charge is -2.31. The van der Waals surface area contributed by atoms with Crippen molar-refractivity contribution in [2.24, 2.45) is 0 Å². The molecule has 2 heterocycles. The van der Waals surface area contributed by atoms with Crippen LogP contribution in [0.5, 0.6) is 5.88 Å². The Hall–Kier alpha value is -4.40. The van der Waals surface area contributed by atoms with Crippen LogP contribution in [0, 0.1) is 0 Å². The van der Waals surface area contributed by atoms with Crippen LogP contribution in [0.25, 0.3) is 17.0 Å². The lowest BCUT2D eigenvalue weighted by atomic mass is 9.87. The molecule has 1 aliphatic heterocycles. The summed E-state index contributed by atoms with van der Waals surface area (Å²) >= 11 is 0. The van der Waals surface area contributed by atoms with E-state index in [4.69, 9.17) is 10.5 Å². The third-order valence-electron chi connectivity index (χ3n) is 7.02. The molecule has 1 saturated heterocycles. The normalized spacial score (nSPS) is 15.3. The SMILES string of the molecule is C=CC(=O)N1CCC(Oc2ccc(/C(=C(/CC(F)(F)F)c3ccccc3)c3ccc(N)c(/C(F)=C/CC)c3)cn2)CC1. The Morgan fingerprint density at radius 2 is 1.76 bits per heavy atom. The maximum atomic E-state index is 14.9. The van der Waals surface area contributed by atoms with Gasteiger partial charge < -0.3 is 15.4 Å². The van der Waals surface area contributed by atoms with Crippen LogP contribution in [0.1, 0.15) is 54.9 Å². The van der Waals surface area contributed by atoms with Gasteiger partial charge in [-0.1, -0.05) is 49.9 Å². The average molecular weight is 580 g/mol. The molecular weight excluding hydrogens is 546 g/mol. The fraction of sp³-hybridized carbons (Fsp3) is 0.273. The molecule has 2 N–H and O–H groups in total. The maximum absolute atomic E-state index is 14.9. The lowest BCUT2D eigenvalue weighted by molar-refractivity contribution is -0.127. The van der Waals surface area contributed by atoms with Gasteiger partial charge in [-0.05, 0) is 59.0 Å². The Bertz CT molecular complexity index is 1460. The summed E-state index contributed by atoms with van der Waals surface area (Å²) in [5, 5.41) is 0. The van der Waals surface area contributed by atoms with Crippen LogP contribution in [0.15, 0.2) is 85.6 Å². The molecule has 3 aromatic rings. The number of hydrogen-bond acceptors (Lipinski definition) is 4. The van der Waals surface area contributed by atoms with Gasteiger partial charge in [0.15, 0.2) is 0 Å². The van der Waals surface area contributed by atoms with Crippen molar-refractivity contribution in [3.63, 3.8) is 0 Å². The van der Waals surface area contributed by atoms with E-state index in [1.807, 2.05) is 0 Å². The van der Waals surface area contributed by atoms with Gasteiger partial charge in [-0.3, -0.25) is 4.79 Å². The minimum atomic E-state index is -4.52. The monoisotopic (exact) mass is 579 g/mol. The summed E-state index contributed by atoms with van der Waals surface area (Å²) in [7, 11) is 0. The van der Waals surface area contributed by atoms with Crippen molar-refractivity contribution in [2.45, 2.75) is 44.9 Å². The number of nitrogens with two attached hydrogens (primary N) is 1. The van der Waals surface area contributed by atoms with Gasteiger partial charge in [-0.2, -0.15) is 13.2 Å². The summed E-state index contributed by atoms with van der Waals surface area (Å²) in [6, 6.07) is 16.1. The minimum Gasteiger partial charge on any atom is -0.474 e. The van der Waals surface area contributed by atoms with E-state index in [1.54, 1.807) is 60.4 Å². The number of allylic oxidation sites excluding steroid dienone is 2. The van der Waals surface area contributed by atoms with Crippen molar-refractivity contribution < 1.29 is 27.1 Å². The van der Waals surface area contributed by atoms with Crippen molar-refractivity contribution >= 4 is 28.6 Å². The molecular formula is C33H33F4N3O2. The number of pyridine rings is 1. The van der Waals surface area contributed by atoms with Gasteiger partial charge in [0.05, 0.1) is 6.42 Å². The quantitative estimate of drug-likeness (QED) is 0.121. The van der Waals surface area contributed by atoms with Gasteiger partial charge in [0, 0.05) is 55.0 Å². The molecule has 1 aliphatic rings. The van der Waals surface area contributed by atoms with E-state index in [0.29, 0.717) is 54.9 Å². The second-order valence-corrected chi connectivity index (χ2v) is 10.0. The first-order chi connectivity index (χ1) is 20.1. The second kappa shape index (κ2) is 13.5. The lowest BCUT2D eigenvalue weighted by Crippen LogP contribution is -2.41. The van der Waals surface area contributed by atoms with Crippen molar-refractivity contribution in [1.82, 2.24) is 9.88 Å². The molecule has 0 aliphatic carbocycles. The van der Waals surface area contributed by atoms with Gasteiger partial charge in [-0.25, -0.2) is 9.37 Å². The molecule has 42 heavy (non-hydrogen) atoms. The second-order valence-electron chi connectivity index (χ2n) is 10.0. The first-order valence-electron chi connectivity index (χ1n) is 13.7. The fourth-order valence-electron chi connectivity index (χ4n) is 4.99. The van der Waals surface area contributed by atoms with Crippen molar-refractivity contribution in [2.75, 3.05) is 18.8 Å². The number of benzene rings is 2. The van der Waals surface area contributed by atoms with E-state index in [1.165, 1.54) is 30.5 Å². The zero-order valence-corrected chi connectivity index (χ0v) is 23.3. The van der Waals surface area contributed by atoms with Crippen LogP contribution in [0.4, 0.5) is 23.2 Å². The molecule has 4 rings (SSSR count). The van der Waals surface area contributed by atoms with E-state index in [0.717, 1.165) is 0 Å². The highest BCUT2D eigenvalue weighted by molar-refractivity contribution is 5.99. The van der Waals surface area contributed by atoms with Gasteiger partial charge in [-0.15, -0.1) is 0 Å². The molecule has 0 bridgehead atoms.